The van der Waals surface area contributed by atoms with Crippen LogP contribution in [0.4, 0.5) is 17.7 Å². The van der Waals surface area contributed by atoms with Gasteiger partial charge in [0.2, 0.25) is 5.84 Å². The molecule has 0 saturated heterocycles. The van der Waals surface area contributed by atoms with Gasteiger partial charge in [0.1, 0.15) is 18.6 Å². The number of alkyl halides is 3. The predicted molar refractivity (Wildman–Crippen MR) is 116 cm³/mol. The summed E-state index contributed by atoms with van der Waals surface area (Å²) in [5.41, 5.74) is 1.74. The summed E-state index contributed by atoms with van der Waals surface area (Å²) in [6.45, 7) is 4.03. The van der Waals surface area contributed by atoms with Gasteiger partial charge < -0.3 is 14.8 Å². The second-order valence-electron chi connectivity index (χ2n) is 7.83. The molecule has 178 valence electrons. The summed E-state index contributed by atoms with van der Waals surface area (Å²) >= 11 is 0. The monoisotopic (exact) mass is 467 g/mol. The van der Waals surface area contributed by atoms with Crippen LogP contribution in [-0.2, 0) is 4.84 Å². The molecule has 1 aliphatic rings. The van der Waals surface area contributed by atoms with Crippen LogP contribution in [0.5, 0.6) is 5.75 Å². The van der Waals surface area contributed by atoms with Crippen molar-refractivity contribution < 1.29 is 32.4 Å². The van der Waals surface area contributed by atoms with Gasteiger partial charge in [-0.1, -0.05) is 52.3 Å². The van der Waals surface area contributed by atoms with Crippen molar-refractivity contribution in [1.82, 2.24) is 5.12 Å². The number of halogens is 4. The van der Waals surface area contributed by atoms with E-state index < -0.39 is 6.36 Å². The van der Waals surface area contributed by atoms with Gasteiger partial charge in [0.15, 0.2) is 0 Å². The molecule has 0 aromatic heterocycles. The molecule has 1 aromatic carbocycles. The Labute approximate surface area is 189 Å². The van der Waals surface area contributed by atoms with Crippen LogP contribution in [0, 0.1) is 17.3 Å². The van der Waals surface area contributed by atoms with Gasteiger partial charge in [-0.2, -0.15) is 5.12 Å². The van der Waals surface area contributed by atoms with E-state index in [1.807, 2.05) is 19.9 Å². The van der Waals surface area contributed by atoms with E-state index in [1.165, 1.54) is 26.3 Å². The van der Waals surface area contributed by atoms with Gasteiger partial charge in [-0.25, -0.2) is 0 Å². The van der Waals surface area contributed by atoms with E-state index in [4.69, 9.17) is 4.84 Å². The molecule has 0 unspecified atom stereocenters. The number of nitrogens with zero attached hydrogens (tertiary/aromatic N) is 3. The van der Waals surface area contributed by atoms with Crippen LogP contribution in [0.1, 0.15) is 38.7 Å². The molecule has 10 heteroatoms. The number of hydrogen-bond acceptors (Lipinski definition) is 5. The third-order valence-electron chi connectivity index (χ3n) is 4.94. The van der Waals surface area contributed by atoms with Gasteiger partial charge in [-0.05, 0) is 48.4 Å². The van der Waals surface area contributed by atoms with Crippen LogP contribution in [0.2, 0.25) is 0 Å². The van der Waals surface area contributed by atoms with Crippen LogP contribution in [0.15, 0.2) is 57.9 Å². The Morgan fingerprint density at radius 3 is 2.45 bits per heavy atom. The van der Waals surface area contributed by atoms with Crippen LogP contribution < -0.4 is 4.74 Å². The SMILES string of the molecule is CO/N=C(\C1=C(CC/C(C#Cc2ccc(OC(F)(F)F)cc2)=N\O)C(C)(C)CC=C1)N(C)F. The number of amidine groups is 1. The quantitative estimate of drug-likeness (QED) is 0.112. The van der Waals surface area contributed by atoms with Crippen LogP contribution in [-0.4, -0.2) is 42.4 Å². The molecule has 0 atom stereocenters. The van der Waals surface area contributed by atoms with Crippen molar-refractivity contribution in [2.24, 2.45) is 15.7 Å². The van der Waals surface area contributed by atoms with Crippen molar-refractivity contribution in [1.29, 1.82) is 0 Å². The van der Waals surface area contributed by atoms with E-state index in [1.54, 1.807) is 6.08 Å². The summed E-state index contributed by atoms with van der Waals surface area (Å²) in [6.07, 6.45) is 0.331. The molecule has 1 N–H and O–H groups in total. The zero-order valence-corrected chi connectivity index (χ0v) is 18.7. The Hall–Kier alpha value is -3.48. The van der Waals surface area contributed by atoms with Crippen LogP contribution in [0.25, 0.3) is 0 Å². The molecule has 0 bridgehead atoms. The normalized spacial score (nSPS) is 16.2. The van der Waals surface area contributed by atoms with E-state index in [0.717, 1.165) is 24.1 Å². The number of oxime groups is 2. The molecule has 0 fully saturated rings. The van der Waals surface area contributed by atoms with Gasteiger partial charge in [0, 0.05) is 24.6 Å². The molecule has 0 spiro atoms. The van der Waals surface area contributed by atoms with E-state index >= 15 is 0 Å². The number of hydrogen-bond donors (Lipinski definition) is 1. The Morgan fingerprint density at radius 1 is 1.24 bits per heavy atom. The van der Waals surface area contributed by atoms with Gasteiger partial charge >= 0.3 is 6.36 Å². The Morgan fingerprint density at radius 2 is 1.91 bits per heavy atom. The molecule has 1 aromatic rings. The zero-order chi connectivity index (χ0) is 24.6. The second-order valence-corrected chi connectivity index (χ2v) is 7.83. The summed E-state index contributed by atoms with van der Waals surface area (Å²) in [6, 6.07) is 5.02. The highest BCUT2D eigenvalue weighted by Crippen LogP contribution is 2.40. The molecular weight excluding hydrogens is 442 g/mol. The molecule has 0 saturated carbocycles. The first-order chi connectivity index (χ1) is 15.5. The number of ether oxygens (including phenoxy) is 1. The molecule has 0 aliphatic heterocycles. The lowest BCUT2D eigenvalue weighted by molar-refractivity contribution is -0.274. The lowest BCUT2D eigenvalue weighted by atomic mass is 9.73. The Balaban J connectivity index is 2.22. The van der Waals surface area contributed by atoms with E-state index in [0.29, 0.717) is 22.7 Å². The van der Waals surface area contributed by atoms with Crippen molar-refractivity contribution in [2.45, 2.75) is 39.5 Å². The standard InChI is InChI=1S/C23H25F4N3O3/c1-22(2)15-5-6-19(21(29-32-4)30(3)27)20(22)14-11-17(28-31)10-7-16-8-12-18(13-9-16)33-23(24,25)26/h5-6,8-9,12-13,31H,11,14-15H2,1-4H3/b28-17-,29-21+. The second kappa shape index (κ2) is 10.9. The van der Waals surface area contributed by atoms with Gasteiger partial charge in [0.05, 0.1) is 0 Å². The molecule has 0 heterocycles. The minimum Gasteiger partial charge on any atom is -0.410 e. The average molecular weight is 467 g/mol. The van der Waals surface area contributed by atoms with E-state index in [2.05, 4.69) is 26.9 Å². The first-order valence-corrected chi connectivity index (χ1v) is 9.97. The maximum absolute atomic E-state index is 14.1. The van der Waals surface area contributed by atoms with Crippen molar-refractivity contribution in [3.63, 3.8) is 0 Å². The zero-order valence-electron chi connectivity index (χ0n) is 18.7. The fourth-order valence-electron chi connectivity index (χ4n) is 3.37. The first-order valence-electron chi connectivity index (χ1n) is 9.97. The Bertz CT molecular complexity index is 1010. The maximum atomic E-state index is 14.1. The highest BCUT2D eigenvalue weighted by molar-refractivity contribution is 6.02. The number of rotatable bonds is 6. The van der Waals surface area contributed by atoms with Crippen LogP contribution in [0.3, 0.4) is 0 Å². The van der Waals surface area contributed by atoms with Crippen molar-refractivity contribution >= 4 is 11.5 Å². The van der Waals surface area contributed by atoms with Crippen molar-refractivity contribution in [3.8, 4) is 17.6 Å². The number of benzene rings is 1. The molecule has 0 radical (unpaired) electrons. The summed E-state index contributed by atoms with van der Waals surface area (Å²) in [5, 5.41) is 16.8. The molecule has 6 nitrogen and oxygen atoms in total. The summed E-state index contributed by atoms with van der Waals surface area (Å²) in [4.78, 5) is 4.79. The average Bonchev–Trinajstić information content (AvgIpc) is 2.72. The van der Waals surface area contributed by atoms with Gasteiger partial charge in [0.25, 0.3) is 0 Å². The Kier molecular flexibility index (Phi) is 8.51. The van der Waals surface area contributed by atoms with Crippen LogP contribution >= 0.6 is 0 Å². The lowest BCUT2D eigenvalue weighted by Gasteiger charge is -2.33. The molecule has 33 heavy (non-hydrogen) atoms. The van der Waals surface area contributed by atoms with Gasteiger partial charge in [-0.3, -0.25) is 0 Å². The fraction of sp³-hybridized carbons (Fsp3) is 0.391. The number of likely N-dealkylation sites (N-methyl/N-ethyl adjacent to an activating group) is 1. The number of allylic oxidation sites excluding steroid dienone is 2. The fourth-order valence-corrected chi connectivity index (χ4v) is 3.37. The summed E-state index contributed by atoms with van der Waals surface area (Å²) < 4.78 is 54.7. The van der Waals surface area contributed by atoms with E-state index in [-0.39, 0.29) is 29.1 Å². The summed E-state index contributed by atoms with van der Waals surface area (Å²) in [7, 11) is 2.55. The topological polar surface area (TPSA) is 66.6 Å². The smallest absolute Gasteiger partial charge is 0.410 e. The molecule has 2 rings (SSSR count). The largest absolute Gasteiger partial charge is 0.573 e. The highest BCUT2D eigenvalue weighted by atomic mass is 19.4. The maximum Gasteiger partial charge on any atom is 0.573 e. The predicted octanol–water partition coefficient (Wildman–Crippen LogP) is 5.61. The van der Waals surface area contributed by atoms with Crippen molar-refractivity contribution in [3.05, 3.63) is 53.1 Å². The van der Waals surface area contributed by atoms with Crippen molar-refractivity contribution in [2.75, 3.05) is 14.2 Å². The minimum atomic E-state index is -4.77. The van der Waals surface area contributed by atoms with Gasteiger partial charge in [-0.15, -0.1) is 13.2 Å². The minimum absolute atomic E-state index is 0.0197. The third-order valence-corrected chi connectivity index (χ3v) is 4.94. The molecular formula is C23H25F4N3O3. The first kappa shape index (κ1) is 25.8. The molecule has 0 amide bonds. The highest BCUT2D eigenvalue weighted by Gasteiger charge is 2.31. The summed E-state index contributed by atoms with van der Waals surface area (Å²) in [5.74, 6) is 5.13. The van der Waals surface area contributed by atoms with E-state index in [9.17, 15) is 22.9 Å². The lowest BCUT2D eigenvalue weighted by Crippen LogP contribution is -2.27. The molecule has 1 aliphatic carbocycles. The third kappa shape index (κ3) is 7.56.